The van der Waals surface area contributed by atoms with Crippen molar-refractivity contribution in [2.24, 2.45) is 0 Å². The predicted octanol–water partition coefficient (Wildman–Crippen LogP) is 5.61. The zero-order valence-electron chi connectivity index (χ0n) is 13.9. The van der Waals surface area contributed by atoms with Crippen LogP contribution in [-0.2, 0) is 6.61 Å². The Bertz CT molecular complexity index is 1020. The number of halogens is 1. The van der Waals surface area contributed by atoms with Gasteiger partial charge in [-0.15, -0.1) is 0 Å². The van der Waals surface area contributed by atoms with Gasteiger partial charge in [-0.3, -0.25) is 0 Å². The largest absolute Gasteiger partial charge is 0.489 e. The third-order valence-electron chi connectivity index (χ3n) is 3.94. The van der Waals surface area contributed by atoms with Crippen LogP contribution >= 0.6 is 11.6 Å². The Morgan fingerprint density at radius 1 is 0.808 bits per heavy atom. The lowest BCUT2D eigenvalue weighted by atomic mass is 10.2. The van der Waals surface area contributed by atoms with Gasteiger partial charge in [0.05, 0.1) is 5.52 Å². The molecular weight excluding hydrogens is 346 g/mol. The molecule has 5 heteroatoms. The highest BCUT2D eigenvalue weighted by Gasteiger charge is 2.06. The molecule has 1 aromatic heterocycles. The van der Waals surface area contributed by atoms with Gasteiger partial charge in [-0.05, 0) is 53.6 Å². The van der Waals surface area contributed by atoms with Crippen LogP contribution in [0.15, 0.2) is 78.9 Å². The van der Waals surface area contributed by atoms with E-state index in [0.717, 1.165) is 27.9 Å². The molecule has 0 unspecified atom stereocenters. The van der Waals surface area contributed by atoms with Crippen molar-refractivity contribution < 1.29 is 4.74 Å². The molecule has 0 aliphatic carbocycles. The summed E-state index contributed by atoms with van der Waals surface area (Å²) in [6.45, 7) is 0.541. The minimum absolute atomic E-state index is 0.217. The number of para-hydroxylation sites is 1. The molecule has 0 saturated carbocycles. The van der Waals surface area contributed by atoms with Crippen LogP contribution in [0.25, 0.3) is 10.9 Å². The average molecular weight is 362 g/mol. The maximum Gasteiger partial charge on any atom is 0.224 e. The van der Waals surface area contributed by atoms with E-state index >= 15 is 0 Å². The monoisotopic (exact) mass is 361 g/mol. The predicted molar refractivity (Wildman–Crippen MR) is 105 cm³/mol. The summed E-state index contributed by atoms with van der Waals surface area (Å²) in [7, 11) is 0. The number of hydrogen-bond donors (Lipinski definition) is 1. The van der Waals surface area contributed by atoms with Gasteiger partial charge < -0.3 is 10.1 Å². The van der Waals surface area contributed by atoms with Gasteiger partial charge in [0.2, 0.25) is 5.28 Å². The molecule has 0 saturated heterocycles. The van der Waals surface area contributed by atoms with Crippen molar-refractivity contribution in [2.45, 2.75) is 6.61 Å². The number of benzene rings is 3. The first-order valence-corrected chi connectivity index (χ1v) is 8.62. The fourth-order valence-electron chi connectivity index (χ4n) is 2.66. The van der Waals surface area contributed by atoms with Crippen molar-refractivity contribution >= 4 is 34.0 Å². The second-order valence-electron chi connectivity index (χ2n) is 5.78. The molecule has 0 bridgehead atoms. The number of fused-ring (bicyclic) bond motifs is 1. The molecule has 4 aromatic rings. The lowest BCUT2D eigenvalue weighted by Gasteiger charge is -2.10. The summed E-state index contributed by atoms with van der Waals surface area (Å²) >= 11 is 6.03. The quantitative estimate of drug-likeness (QED) is 0.469. The summed E-state index contributed by atoms with van der Waals surface area (Å²) in [4.78, 5) is 8.55. The second-order valence-corrected chi connectivity index (χ2v) is 6.12. The van der Waals surface area contributed by atoms with E-state index in [-0.39, 0.29) is 5.28 Å². The minimum atomic E-state index is 0.217. The average Bonchev–Trinajstić information content (AvgIpc) is 2.68. The van der Waals surface area contributed by atoms with Gasteiger partial charge in [0, 0.05) is 11.1 Å². The van der Waals surface area contributed by atoms with Crippen LogP contribution < -0.4 is 10.1 Å². The molecule has 1 heterocycles. The number of hydrogen-bond acceptors (Lipinski definition) is 4. The Kier molecular flexibility index (Phi) is 4.67. The Hall–Kier alpha value is -3.11. The molecular formula is C21H16ClN3O. The van der Waals surface area contributed by atoms with Crippen LogP contribution in [0.3, 0.4) is 0 Å². The van der Waals surface area contributed by atoms with Gasteiger partial charge in [-0.25, -0.2) is 4.98 Å². The Balaban J connectivity index is 1.49. The van der Waals surface area contributed by atoms with Gasteiger partial charge in [-0.1, -0.05) is 42.5 Å². The van der Waals surface area contributed by atoms with E-state index in [1.807, 2.05) is 78.9 Å². The molecule has 0 radical (unpaired) electrons. The molecule has 0 amide bonds. The van der Waals surface area contributed by atoms with Crippen molar-refractivity contribution in [3.8, 4) is 5.75 Å². The van der Waals surface area contributed by atoms with Gasteiger partial charge in [0.1, 0.15) is 18.2 Å². The fraction of sp³-hybridized carbons (Fsp3) is 0.0476. The summed E-state index contributed by atoms with van der Waals surface area (Å²) in [6, 6.07) is 25.6. The molecule has 3 aromatic carbocycles. The van der Waals surface area contributed by atoms with Crippen molar-refractivity contribution in [2.75, 3.05) is 5.32 Å². The lowest BCUT2D eigenvalue weighted by molar-refractivity contribution is 0.306. The SMILES string of the molecule is Clc1nc(Nc2ccc(OCc3ccccc3)cc2)c2ccccc2n1. The van der Waals surface area contributed by atoms with Crippen LogP contribution in [0.5, 0.6) is 5.75 Å². The first-order chi connectivity index (χ1) is 12.8. The van der Waals surface area contributed by atoms with E-state index < -0.39 is 0 Å². The highest BCUT2D eigenvalue weighted by molar-refractivity contribution is 6.28. The van der Waals surface area contributed by atoms with E-state index in [0.29, 0.717) is 12.4 Å². The highest BCUT2D eigenvalue weighted by Crippen LogP contribution is 2.26. The van der Waals surface area contributed by atoms with Crippen LogP contribution in [0.1, 0.15) is 5.56 Å². The Morgan fingerprint density at radius 2 is 1.54 bits per heavy atom. The van der Waals surface area contributed by atoms with E-state index in [1.54, 1.807) is 0 Å². The smallest absolute Gasteiger partial charge is 0.224 e. The topological polar surface area (TPSA) is 47.0 Å². The normalized spacial score (nSPS) is 10.7. The Morgan fingerprint density at radius 3 is 2.35 bits per heavy atom. The molecule has 128 valence electrons. The number of rotatable bonds is 5. The fourth-order valence-corrected chi connectivity index (χ4v) is 2.83. The standard InChI is InChI=1S/C21H16ClN3O/c22-21-24-19-9-5-4-8-18(19)20(25-21)23-16-10-12-17(13-11-16)26-14-15-6-2-1-3-7-15/h1-13H,14H2,(H,23,24,25). The summed E-state index contributed by atoms with van der Waals surface area (Å²) in [5.41, 5.74) is 2.84. The number of nitrogens with zero attached hydrogens (tertiary/aromatic N) is 2. The number of nitrogens with one attached hydrogen (secondary N) is 1. The summed E-state index contributed by atoms with van der Waals surface area (Å²) < 4.78 is 5.81. The molecule has 26 heavy (non-hydrogen) atoms. The third kappa shape index (κ3) is 3.76. The third-order valence-corrected chi connectivity index (χ3v) is 4.11. The Labute approximate surface area is 156 Å². The summed E-state index contributed by atoms with van der Waals surface area (Å²) in [6.07, 6.45) is 0. The number of anilines is 2. The van der Waals surface area contributed by atoms with E-state index in [4.69, 9.17) is 16.3 Å². The van der Waals surface area contributed by atoms with Crippen molar-refractivity contribution in [1.82, 2.24) is 9.97 Å². The lowest BCUT2D eigenvalue weighted by Crippen LogP contribution is -1.98. The highest BCUT2D eigenvalue weighted by atomic mass is 35.5. The van der Waals surface area contributed by atoms with Crippen LogP contribution in [-0.4, -0.2) is 9.97 Å². The van der Waals surface area contributed by atoms with Crippen LogP contribution in [0.2, 0.25) is 5.28 Å². The van der Waals surface area contributed by atoms with E-state index in [9.17, 15) is 0 Å². The van der Waals surface area contributed by atoms with Gasteiger partial charge in [-0.2, -0.15) is 4.98 Å². The second kappa shape index (κ2) is 7.42. The maximum atomic E-state index is 6.03. The molecule has 0 atom stereocenters. The van der Waals surface area contributed by atoms with Crippen molar-refractivity contribution in [3.05, 3.63) is 89.7 Å². The van der Waals surface area contributed by atoms with Gasteiger partial charge in [0.25, 0.3) is 0 Å². The van der Waals surface area contributed by atoms with Gasteiger partial charge in [0.15, 0.2) is 0 Å². The molecule has 4 rings (SSSR count). The zero-order valence-corrected chi connectivity index (χ0v) is 14.6. The van der Waals surface area contributed by atoms with Crippen molar-refractivity contribution in [1.29, 1.82) is 0 Å². The molecule has 0 fully saturated rings. The zero-order chi connectivity index (χ0) is 17.8. The molecule has 1 N–H and O–H groups in total. The summed E-state index contributed by atoms with van der Waals surface area (Å²) in [5.74, 6) is 1.49. The minimum Gasteiger partial charge on any atom is -0.489 e. The molecule has 0 aliphatic rings. The van der Waals surface area contributed by atoms with E-state index in [1.165, 1.54) is 0 Å². The number of aromatic nitrogens is 2. The summed E-state index contributed by atoms with van der Waals surface area (Å²) in [5, 5.41) is 4.43. The molecule has 4 nitrogen and oxygen atoms in total. The van der Waals surface area contributed by atoms with E-state index in [2.05, 4.69) is 15.3 Å². The number of ether oxygens (including phenoxy) is 1. The first-order valence-electron chi connectivity index (χ1n) is 8.24. The maximum absolute atomic E-state index is 6.03. The van der Waals surface area contributed by atoms with Crippen molar-refractivity contribution in [3.63, 3.8) is 0 Å². The van der Waals surface area contributed by atoms with Gasteiger partial charge >= 0.3 is 0 Å². The first kappa shape index (κ1) is 16.4. The van der Waals surface area contributed by atoms with Crippen LogP contribution in [0.4, 0.5) is 11.5 Å². The molecule has 0 aliphatic heterocycles. The molecule has 0 spiro atoms. The van der Waals surface area contributed by atoms with Crippen LogP contribution in [0, 0.1) is 0 Å².